The number of aromatic nitrogens is 1. The molecule has 0 radical (unpaired) electrons. The molecule has 1 aromatic rings. The Morgan fingerprint density at radius 1 is 1.31 bits per heavy atom. The van der Waals surface area contributed by atoms with Crippen molar-refractivity contribution in [2.75, 3.05) is 13.1 Å². The fourth-order valence-electron chi connectivity index (χ4n) is 2.91. The van der Waals surface area contributed by atoms with Gasteiger partial charge < -0.3 is 0 Å². The molecule has 2 heteroatoms. The average molecular weight is 214 g/mol. The summed E-state index contributed by atoms with van der Waals surface area (Å²) in [6.07, 6.45) is 12.5. The average Bonchev–Trinajstić information content (AvgIpc) is 2.39. The number of rotatable bonds is 2. The summed E-state index contributed by atoms with van der Waals surface area (Å²) in [4.78, 5) is 6.75. The van der Waals surface area contributed by atoms with Crippen LogP contribution in [0.25, 0.3) is 6.08 Å². The lowest BCUT2D eigenvalue weighted by Gasteiger charge is -2.44. The topological polar surface area (TPSA) is 16.1 Å². The molecule has 0 amide bonds. The summed E-state index contributed by atoms with van der Waals surface area (Å²) in [6.45, 7) is 2.60. The van der Waals surface area contributed by atoms with Crippen molar-refractivity contribution in [3.05, 3.63) is 36.2 Å². The highest BCUT2D eigenvalue weighted by atomic mass is 15.2. The van der Waals surface area contributed by atoms with E-state index in [0.717, 1.165) is 5.92 Å². The zero-order valence-electron chi connectivity index (χ0n) is 9.55. The van der Waals surface area contributed by atoms with E-state index in [2.05, 4.69) is 28.1 Å². The van der Waals surface area contributed by atoms with Crippen LogP contribution in [-0.4, -0.2) is 29.0 Å². The maximum absolute atomic E-state index is 4.13. The van der Waals surface area contributed by atoms with Gasteiger partial charge in [0.1, 0.15) is 0 Å². The van der Waals surface area contributed by atoms with Crippen LogP contribution in [0.4, 0.5) is 0 Å². The first-order valence-electron chi connectivity index (χ1n) is 6.24. The van der Waals surface area contributed by atoms with Crippen molar-refractivity contribution in [3.63, 3.8) is 0 Å². The van der Waals surface area contributed by atoms with Gasteiger partial charge in [0.2, 0.25) is 0 Å². The molecule has 16 heavy (non-hydrogen) atoms. The first-order valence-corrected chi connectivity index (χ1v) is 6.24. The van der Waals surface area contributed by atoms with Crippen LogP contribution >= 0.6 is 0 Å². The van der Waals surface area contributed by atoms with E-state index in [9.17, 15) is 0 Å². The van der Waals surface area contributed by atoms with E-state index >= 15 is 0 Å². The van der Waals surface area contributed by atoms with Crippen LogP contribution in [0.1, 0.15) is 24.8 Å². The second-order valence-electron chi connectivity index (χ2n) is 4.93. The van der Waals surface area contributed by atoms with Crippen LogP contribution < -0.4 is 0 Å². The number of pyridine rings is 1. The predicted octanol–water partition coefficient (Wildman–Crippen LogP) is 2.58. The van der Waals surface area contributed by atoms with Gasteiger partial charge in [0, 0.05) is 18.4 Å². The third-order valence-electron chi connectivity index (χ3n) is 3.89. The molecule has 0 spiro atoms. The number of fused-ring (bicyclic) bond motifs is 3. The molecule has 2 bridgehead atoms. The van der Waals surface area contributed by atoms with Crippen LogP contribution in [-0.2, 0) is 0 Å². The minimum atomic E-state index is 0.674. The Hall–Kier alpha value is -1.15. The Labute approximate surface area is 97.0 Å². The maximum atomic E-state index is 4.13. The van der Waals surface area contributed by atoms with Crippen molar-refractivity contribution in [1.82, 2.24) is 9.88 Å². The van der Waals surface area contributed by atoms with Gasteiger partial charge in [-0.2, -0.15) is 0 Å². The van der Waals surface area contributed by atoms with E-state index in [0.29, 0.717) is 6.04 Å². The normalized spacial score (nSPS) is 33.4. The third-order valence-corrected chi connectivity index (χ3v) is 3.89. The number of hydrogen-bond donors (Lipinski definition) is 0. The van der Waals surface area contributed by atoms with E-state index in [1.807, 2.05) is 18.5 Å². The molecule has 2 nitrogen and oxygen atoms in total. The molecule has 1 atom stereocenters. The Morgan fingerprint density at radius 3 is 2.81 bits per heavy atom. The lowest BCUT2D eigenvalue weighted by Crippen LogP contribution is -2.47. The molecule has 84 valence electrons. The zero-order valence-corrected chi connectivity index (χ0v) is 9.55. The molecule has 0 aromatic carbocycles. The molecule has 0 N–H and O–H groups in total. The Kier molecular flexibility index (Phi) is 2.75. The molecular formula is C14H18N2. The van der Waals surface area contributed by atoms with E-state index in [-0.39, 0.29) is 0 Å². The minimum absolute atomic E-state index is 0.674. The molecule has 0 unspecified atom stereocenters. The minimum Gasteiger partial charge on any atom is -0.297 e. The molecule has 3 saturated heterocycles. The van der Waals surface area contributed by atoms with Gasteiger partial charge in [-0.05, 0) is 49.9 Å². The summed E-state index contributed by atoms with van der Waals surface area (Å²) < 4.78 is 0. The largest absolute Gasteiger partial charge is 0.297 e. The second kappa shape index (κ2) is 4.38. The van der Waals surface area contributed by atoms with Crippen molar-refractivity contribution >= 4 is 6.08 Å². The second-order valence-corrected chi connectivity index (χ2v) is 4.93. The molecule has 0 saturated carbocycles. The molecular weight excluding hydrogens is 196 g/mol. The van der Waals surface area contributed by atoms with Crippen LogP contribution in [0.5, 0.6) is 0 Å². The zero-order chi connectivity index (χ0) is 10.8. The first-order chi connectivity index (χ1) is 7.92. The molecule has 4 heterocycles. The highest BCUT2D eigenvalue weighted by molar-refractivity contribution is 5.48. The van der Waals surface area contributed by atoms with Crippen molar-refractivity contribution in [2.45, 2.75) is 25.3 Å². The van der Waals surface area contributed by atoms with Gasteiger partial charge in [0.25, 0.3) is 0 Å². The first kappa shape index (κ1) is 10.0. The van der Waals surface area contributed by atoms with Gasteiger partial charge >= 0.3 is 0 Å². The number of hydrogen-bond acceptors (Lipinski definition) is 2. The summed E-state index contributed by atoms with van der Waals surface area (Å²) in [6, 6.07) is 4.78. The Balaban J connectivity index is 1.69. The smallest absolute Gasteiger partial charge is 0.0340 e. The fraction of sp³-hybridized carbons (Fsp3) is 0.500. The van der Waals surface area contributed by atoms with Gasteiger partial charge in [0.05, 0.1) is 0 Å². The van der Waals surface area contributed by atoms with Gasteiger partial charge in [-0.1, -0.05) is 18.2 Å². The van der Waals surface area contributed by atoms with Crippen molar-refractivity contribution in [1.29, 1.82) is 0 Å². The van der Waals surface area contributed by atoms with Gasteiger partial charge in [-0.3, -0.25) is 9.88 Å². The summed E-state index contributed by atoms with van der Waals surface area (Å²) >= 11 is 0. The van der Waals surface area contributed by atoms with Crippen molar-refractivity contribution < 1.29 is 0 Å². The summed E-state index contributed by atoms with van der Waals surface area (Å²) in [5, 5.41) is 0. The quantitative estimate of drug-likeness (QED) is 0.752. The molecule has 3 aliphatic heterocycles. The Bertz CT molecular complexity index is 364. The van der Waals surface area contributed by atoms with Crippen LogP contribution in [0.15, 0.2) is 30.6 Å². The highest BCUT2D eigenvalue weighted by Gasteiger charge is 2.31. The van der Waals surface area contributed by atoms with Crippen LogP contribution in [0.2, 0.25) is 0 Å². The molecule has 3 fully saturated rings. The third kappa shape index (κ3) is 2.03. The van der Waals surface area contributed by atoms with Crippen LogP contribution in [0, 0.1) is 5.92 Å². The van der Waals surface area contributed by atoms with Crippen molar-refractivity contribution in [3.8, 4) is 0 Å². The van der Waals surface area contributed by atoms with Crippen molar-refractivity contribution in [2.24, 2.45) is 5.92 Å². The van der Waals surface area contributed by atoms with Crippen LogP contribution in [0.3, 0.4) is 0 Å². The van der Waals surface area contributed by atoms with E-state index in [1.165, 1.54) is 37.9 Å². The van der Waals surface area contributed by atoms with E-state index in [1.54, 1.807) is 0 Å². The van der Waals surface area contributed by atoms with Gasteiger partial charge in [0.15, 0.2) is 0 Å². The van der Waals surface area contributed by atoms with E-state index < -0.39 is 0 Å². The number of piperidine rings is 3. The Morgan fingerprint density at radius 2 is 2.19 bits per heavy atom. The maximum Gasteiger partial charge on any atom is 0.0340 e. The standard InChI is InChI=1S/C14H18N2/c1-2-13(11-15-7-1)3-4-14-10-12-5-8-16(14)9-6-12/h1-4,7,11-12,14H,5-6,8-10H2/t14-/m1/s1. The lowest BCUT2D eigenvalue weighted by atomic mass is 9.83. The van der Waals surface area contributed by atoms with Gasteiger partial charge in [-0.25, -0.2) is 0 Å². The molecule has 3 aliphatic rings. The summed E-state index contributed by atoms with van der Waals surface area (Å²) in [5.41, 5.74) is 1.21. The fourth-order valence-corrected chi connectivity index (χ4v) is 2.91. The molecule has 0 aliphatic carbocycles. The molecule has 4 rings (SSSR count). The number of nitrogens with zero attached hydrogens (tertiary/aromatic N) is 2. The molecule has 1 aromatic heterocycles. The lowest BCUT2D eigenvalue weighted by molar-refractivity contribution is 0.0740. The predicted molar refractivity (Wildman–Crippen MR) is 66.0 cm³/mol. The van der Waals surface area contributed by atoms with E-state index in [4.69, 9.17) is 0 Å². The SMILES string of the molecule is C(=C[C@@H]1CC2CCN1CC2)c1cccnc1. The van der Waals surface area contributed by atoms with Gasteiger partial charge in [-0.15, -0.1) is 0 Å². The summed E-state index contributed by atoms with van der Waals surface area (Å²) in [5.74, 6) is 0.980. The monoisotopic (exact) mass is 214 g/mol. The summed E-state index contributed by atoms with van der Waals surface area (Å²) in [7, 11) is 0. The highest BCUT2D eigenvalue weighted by Crippen LogP contribution is 2.32.